The van der Waals surface area contributed by atoms with Gasteiger partial charge in [-0.1, -0.05) is 25.1 Å². The molecule has 8 nitrogen and oxygen atoms in total. The Balaban J connectivity index is 1.85. The molecule has 30 heavy (non-hydrogen) atoms. The second-order valence-electron chi connectivity index (χ2n) is 7.16. The lowest BCUT2D eigenvalue weighted by molar-refractivity contribution is -0.122. The van der Waals surface area contributed by atoms with Crippen LogP contribution in [0.2, 0.25) is 0 Å². The van der Waals surface area contributed by atoms with Crippen molar-refractivity contribution in [1.29, 1.82) is 0 Å². The first-order valence-electron chi connectivity index (χ1n) is 9.64. The van der Waals surface area contributed by atoms with Crippen LogP contribution in [0.15, 0.2) is 42.5 Å². The summed E-state index contributed by atoms with van der Waals surface area (Å²) in [5.41, 5.74) is 1.94. The van der Waals surface area contributed by atoms with E-state index in [9.17, 15) is 18.0 Å². The van der Waals surface area contributed by atoms with Gasteiger partial charge in [0.2, 0.25) is 10.0 Å². The molecule has 0 bridgehead atoms. The Kier molecular flexibility index (Phi) is 6.31. The molecule has 9 heteroatoms. The van der Waals surface area contributed by atoms with Crippen molar-refractivity contribution < 1.29 is 22.7 Å². The van der Waals surface area contributed by atoms with Crippen LogP contribution in [0.3, 0.4) is 0 Å². The quantitative estimate of drug-likeness (QED) is 0.730. The average molecular weight is 432 g/mol. The summed E-state index contributed by atoms with van der Waals surface area (Å²) >= 11 is 0. The van der Waals surface area contributed by atoms with Gasteiger partial charge in [-0.15, -0.1) is 0 Å². The summed E-state index contributed by atoms with van der Waals surface area (Å²) < 4.78 is 31.6. The van der Waals surface area contributed by atoms with E-state index in [1.165, 1.54) is 4.31 Å². The van der Waals surface area contributed by atoms with E-state index in [2.05, 4.69) is 10.6 Å². The maximum Gasteiger partial charge on any atom is 0.267 e. The molecule has 0 aromatic heterocycles. The molecule has 2 N–H and O–H groups in total. The van der Waals surface area contributed by atoms with Crippen molar-refractivity contribution in [3.05, 3.63) is 53.6 Å². The molecule has 1 aliphatic rings. The van der Waals surface area contributed by atoms with Gasteiger partial charge in [0.1, 0.15) is 5.75 Å². The second-order valence-corrected chi connectivity index (χ2v) is 9.07. The number of ether oxygens (including phenoxy) is 1. The number of rotatable bonds is 6. The third-order valence-electron chi connectivity index (χ3n) is 4.64. The lowest BCUT2D eigenvalue weighted by Crippen LogP contribution is -2.48. The van der Waals surface area contributed by atoms with Crippen LogP contribution in [0.25, 0.3) is 0 Å². The van der Waals surface area contributed by atoms with E-state index in [4.69, 9.17) is 4.74 Å². The molecule has 2 amide bonds. The number of carbonyl (C=O) groups is 2. The number of benzene rings is 2. The highest BCUT2D eigenvalue weighted by atomic mass is 32.2. The van der Waals surface area contributed by atoms with Gasteiger partial charge in [0.05, 0.1) is 29.7 Å². The summed E-state index contributed by atoms with van der Waals surface area (Å²) in [6, 6.07) is 11.8. The van der Waals surface area contributed by atoms with Crippen molar-refractivity contribution in [3.63, 3.8) is 0 Å². The predicted molar refractivity (Wildman–Crippen MR) is 115 cm³/mol. The largest absolute Gasteiger partial charge is 0.476 e. The van der Waals surface area contributed by atoms with Crippen LogP contribution in [-0.2, 0) is 14.8 Å². The molecule has 1 heterocycles. The number of para-hydroxylation sites is 1. The summed E-state index contributed by atoms with van der Waals surface area (Å²) in [4.78, 5) is 25.3. The van der Waals surface area contributed by atoms with Crippen LogP contribution in [0.5, 0.6) is 5.75 Å². The minimum atomic E-state index is -3.62. The van der Waals surface area contributed by atoms with Crippen molar-refractivity contribution >= 4 is 33.2 Å². The van der Waals surface area contributed by atoms with Gasteiger partial charge >= 0.3 is 0 Å². The Hall–Kier alpha value is -3.07. The minimum absolute atomic E-state index is 0.161. The fourth-order valence-electron chi connectivity index (χ4n) is 3.15. The van der Waals surface area contributed by atoms with Crippen LogP contribution in [0, 0.1) is 6.92 Å². The Bertz CT molecular complexity index is 1070. The molecular weight excluding hydrogens is 406 g/mol. The Morgan fingerprint density at radius 1 is 1.20 bits per heavy atom. The Morgan fingerprint density at radius 3 is 2.63 bits per heavy atom. The van der Waals surface area contributed by atoms with Gasteiger partial charge in [0.15, 0.2) is 6.10 Å². The number of nitrogens with one attached hydrogen (secondary N) is 2. The van der Waals surface area contributed by atoms with E-state index in [-0.39, 0.29) is 12.5 Å². The molecule has 2 aromatic carbocycles. The summed E-state index contributed by atoms with van der Waals surface area (Å²) in [6.07, 6.45) is 0.810. The highest BCUT2D eigenvalue weighted by Gasteiger charge is 2.35. The third-order valence-corrected chi connectivity index (χ3v) is 5.79. The maximum atomic E-state index is 12.9. The zero-order chi connectivity index (χ0) is 21.9. The van der Waals surface area contributed by atoms with Crippen molar-refractivity contribution in [1.82, 2.24) is 5.32 Å². The van der Waals surface area contributed by atoms with Gasteiger partial charge in [0, 0.05) is 6.54 Å². The van der Waals surface area contributed by atoms with Gasteiger partial charge in [-0.05, 0) is 43.2 Å². The topological polar surface area (TPSA) is 105 Å². The standard InChI is InChI=1S/C21H25N3O5S/c1-4-11-22-20(25)15-7-5-6-8-16(15)23-21(26)19-13-24(30(3,27)28)17-12-14(2)9-10-18(17)29-19/h5-10,12,19H,4,11,13H2,1-3H3,(H,22,25)(H,23,26)/t19-/m0/s1. The van der Waals surface area contributed by atoms with Gasteiger partial charge in [0.25, 0.3) is 11.8 Å². The second kappa shape index (κ2) is 8.74. The van der Waals surface area contributed by atoms with E-state index in [1.54, 1.807) is 42.5 Å². The van der Waals surface area contributed by atoms with E-state index in [0.29, 0.717) is 29.2 Å². The molecule has 0 spiro atoms. The maximum absolute atomic E-state index is 12.9. The lowest BCUT2D eigenvalue weighted by atomic mass is 10.1. The van der Waals surface area contributed by atoms with Crippen LogP contribution in [-0.4, -0.2) is 45.7 Å². The normalized spacial score (nSPS) is 15.7. The van der Waals surface area contributed by atoms with Crippen LogP contribution >= 0.6 is 0 Å². The molecule has 160 valence electrons. The zero-order valence-electron chi connectivity index (χ0n) is 17.1. The predicted octanol–water partition coefficient (Wildman–Crippen LogP) is 2.30. The molecule has 0 fully saturated rings. The first kappa shape index (κ1) is 21.6. The lowest BCUT2D eigenvalue weighted by Gasteiger charge is -2.34. The first-order chi connectivity index (χ1) is 14.2. The highest BCUT2D eigenvalue weighted by molar-refractivity contribution is 7.92. The molecule has 0 aliphatic carbocycles. The molecule has 0 unspecified atom stereocenters. The first-order valence-corrected chi connectivity index (χ1v) is 11.5. The minimum Gasteiger partial charge on any atom is -0.476 e. The average Bonchev–Trinajstić information content (AvgIpc) is 2.70. The number of sulfonamides is 1. The van der Waals surface area contributed by atoms with Crippen molar-refractivity contribution in [3.8, 4) is 5.75 Å². The van der Waals surface area contributed by atoms with Crippen LogP contribution in [0.1, 0.15) is 29.3 Å². The van der Waals surface area contributed by atoms with E-state index in [1.807, 2.05) is 13.8 Å². The molecule has 0 radical (unpaired) electrons. The van der Waals surface area contributed by atoms with Gasteiger partial charge in [-0.2, -0.15) is 0 Å². The van der Waals surface area contributed by atoms with Crippen molar-refractivity contribution in [2.45, 2.75) is 26.4 Å². The molecule has 2 aromatic rings. The van der Waals surface area contributed by atoms with Crippen LogP contribution < -0.4 is 19.7 Å². The fourth-order valence-corrected chi connectivity index (χ4v) is 4.06. The number of anilines is 2. The molecule has 0 saturated carbocycles. The summed E-state index contributed by atoms with van der Waals surface area (Å²) in [5, 5.41) is 5.48. The summed E-state index contributed by atoms with van der Waals surface area (Å²) in [7, 11) is -3.62. The molecular formula is C21H25N3O5S. The molecule has 1 atom stereocenters. The number of aryl methyl sites for hydroxylation is 1. The molecule has 3 rings (SSSR count). The SMILES string of the molecule is CCCNC(=O)c1ccccc1NC(=O)[C@@H]1CN(S(C)(=O)=O)c2cc(C)ccc2O1. The smallest absolute Gasteiger partial charge is 0.267 e. The van der Waals surface area contributed by atoms with E-state index < -0.39 is 22.0 Å². The van der Waals surface area contributed by atoms with Gasteiger partial charge in [-0.25, -0.2) is 8.42 Å². The number of amides is 2. The number of hydrogen-bond donors (Lipinski definition) is 2. The van der Waals surface area contributed by atoms with Gasteiger partial charge < -0.3 is 15.4 Å². The molecule has 1 aliphatic heterocycles. The fraction of sp³-hybridized carbons (Fsp3) is 0.333. The monoisotopic (exact) mass is 431 g/mol. The van der Waals surface area contributed by atoms with E-state index >= 15 is 0 Å². The Labute approximate surface area is 176 Å². The third kappa shape index (κ3) is 4.73. The van der Waals surface area contributed by atoms with Crippen molar-refractivity contribution in [2.75, 3.05) is 29.0 Å². The summed E-state index contributed by atoms with van der Waals surface area (Å²) in [6.45, 7) is 4.15. The van der Waals surface area contributed by atoms with Crippen LogP contribution in [0.4, 0.5) is 11.4 Å². The van der Waals surface area contributed by atoms with Gasteiger partial charge in [-0.3, -0.25) is 13.9 Å². The number of nitrogens with zero attached hydrogens (tertiary/aromatic N) is 1. The van der Waals surface area contributed by atoms with Crippen molar-refractivity contribution in [2.24, 2.45) is 0 Å². The Morgan fingerprint density at radius 2 is 1.93 bits per heavy atom. The number of hydrogen-bond acceptors (Lipinski definition) is 5. The summed E-state index contributed by atoms with van der Waals surface area (Å²) in [5.74, 6) is -0.520. The number of carbonyl (C=O) groups excluding carboxylic acids is 2. The zero-order valence-corrected chi connectivity index (χ0v) is 18.0. The highest BCUT2D eigenvalue weighted by Crippen LogP contribution is 2.36. The number of fused-ring (bicyclic) bond motifs is 1. The van der Waals surface area contributed by atoms with E-state index in [0.717, 1.165) is 18.2 Å². The molecule has 0 saturated heterocycles.